The SMILES string of the molecule is COc1ccc(Br)cc1/C=N/NC(=O)c1nn(C)cc1Br. The van der Waals surface area contributed by atoms with Crippen molar-refractivity contribution in [2.45, 2.75) is 0 Å². The summed E-state index contributed by atoms with van der Waals surface area (Å²) in [4.78, 5) is 11.9. The van der Waals surface area contributed by atoms with E-state index in [1.807, 2.05) is 18.2 Å². The van der Waals surface area contributed by atoms with Crippen LogP contribution >= 0.6 is 31.9 Å². The van der Waals surface area contributed by atoms with E-state index in [0.29, 0.717) is 10.2 Å². The van der Waals surface area contributed by atoms with Crippen LogP contribution in [0.15, 0.2) is 38.4 Å². The standard InChI is InChI=1S/C13H12Br2N4O2/c1-19-7-10(15)12(18-19)13(20)17-16-6-8-5-9(14)3-4-11(8)21-2/h3-7H,1-2H3,(H,17,20)/b16-6+. The third kappa shape index (κ3) is 3.92. The highest BCUT2D eigenvalue weighted by Gasteiger charge is 2.13. The number of hydrogen-bond acceptors (Lipinski definition) is 4. The van der Waals surface area contributed by atoms with E-state index in [1.54, 1.807) is 25.0 Å². The molecular weight excluding hydrogens is 404 g/mol. The highest BCUT2D eigenvalue weighted by Crippen LogP contribution is 2.21. The lowest BCUT2D eigenvalue weighted by molar-refractivity contribution is 0.0948. The van der Waals surface area contributed by atoms with Gasteiger partial charge in [0.05, 0.1) is 17.8 Å². The molecule has 1 aromatic carbocycles. The molecule has 0 radical (unpaired) electrons. The van der Waals surface area contributed by atoms with E-state index < -0.39 is 5.91 Å². The minimum atomic E-state index is -0.396. The minimum absolute atomic E-state index is 0.274. The first-order chi connectivity index (χ1) is 10.0. The van der Waals surface area contributed by atoms with Gasteiger partial charge in [0.15, 0.2) is 5.69 Å². The van der Waals surface area contributed by atoms with Crippen LogP contribution in [0.4, 0.5) is 0 Å². The first-order valence-corrected chi connectivity index (χ1v) is 7.46. The molecule has 0 unspecified atom stereocenters. The summed E-state index contributed by atoms with van der Waals surface area (Å²) in [6.07, 6.45) is 3.20. The zero-order chi connectivity index (χ0) is 15.4. The molecule has 1 N–H and O–H groups in total. The largest absolute Gasteiger partial charge is 0.496 e. The van der Waals surface area contributed by atoms with Crippen molar-refractivity contribution < 1.29 is 9.53 Å². The van der Waals surface area contributed by atoms with Gasteiger partial charge in [0.25, 0.3) is 5.91 Å². The van der Waals surface area contributed by atoms with Crippen molar-refractivity contribution in [2.75, 3.05) is 7.11 Å². The molecule has 2 aromatic rings. The maximum atomic E-state index is 11.9. The van der Waals surface area contributed by atoms with Crippen molar-refractivity contribution >= 4 is 44.0 Å². The lowest BCUT2D eigenvalue weighted by atomic mass is 10.2. The maximum Gasteiger partial charge on any atom is 0.293 e. The zero-order valence-electron chi connectivity index (χ0n) is 11.3. The molecule has 0 aliphatic rings. The fourth-order valence-corrected chi connectivity index (χ4v) is 2.57. The number of benzene rings is 1. The van der Waals surface area contributed by atoms with E-state index in [2.05, 4.69) is 47.5 Å². The molecule has 0 fully saturated rings. The summed E-state index contributed by atoms with van der Waals surface area (Å²) >= 11 is 6.64. The Bertz CT molecular complexity index is 697. The number of hydrogen-bond donors (Lipinski definition) is 1. The fraction of sp³-hybridized carbons (Fsp3) is 0.154. The molecule has 0 saturated heterocycles. The van der Waals surface area contributed by atoms with Crippen molar-refractivity contribution in [3.8, 4) is 5.75 Å². The van der Waals surface area contributed by atoms with Gasteiger partial charge in [-0.3, -0.25) is 9.48 Å². The molecule has 110 valence electrons. The molecule has 0 aliphatic carbocycles. The lowest BCUT2D eigenvalue weighted by Crippen LogP contribution is -2.19. The van der Waals surface area contributed by atoms with Gasteiger partial charge >= 0.3 is 0 Å². The second kappa shape index (κ2) is 6.86. The maximum absolute atomic E-state index is 11.9. The Kier molecular flexibility index (Phi) is 5.13. The summed E-state index contributed by atoms with van der Waals surface area (Å²) in [5.41, 5.74) is 3.44. The Hall–Kier alpha value is -1.67. The Morgan fingerprint density at radius 2 is 2.24 bits per heavy atom. The van der Waals surface area contributed by atoms with Crippen molar-refractivity contribution in [3.63, 3.8) is 0 Å². The Labute approximate surface area is 138 Å². The molecule has 6 nitrogen and oxygen atoms in total. The third-order valence-electron chi connectivity index (χ3n) is 2.56. The topological polar surface area (TPSA) is 68.5 Å². The summed E-state index contributed by atoms with van der Waals surface area (Å²) in [6, 6.07) is 5.51. The van der Waals surface area contributed by atoms with Crippen LogP contribution < -0.4 is 10.2 Å². The minimum Gasteiger partial charge on any atom is -0.496 e. The molecule has 1 heterocycles. The molecule has 0 saturated carbocycles. The molecular formula is C13H12Br2N4O2. The number of rotatable bonds is 4. The highest BCUT2D eigenvalue weighted by atomic mass is 79.9. The number of halogens is 2. The van der Waals surface area contributed by atoms with Gasteiger partial charge in [0, 0.05) is 23.3 Å². The summed E-state index contributed by atoms with van der Waals surface area (Å²) in [6.45, 7) is 0. The van der Waals surface area contributed by atoms with Gasteiger partial charge in [-0.25, -0.2) is 5.43 Å². The zero-order valence-corrected chi connectivity index (χ0v) is 14.5. The molecule has 0 aliphatic heterocycles. The first kappa shape index (κ1) is 15.7. The quantitative estimate of drug-likeness (QED) is 0.616. The summed E-state index contributed by atoms with van der Waals surface area (Å²) < 4.78 is 8.26. The van der Waals surface area contributed by atoms with E-state index in [0.717, 1.165) is 10.0 Å². The smallest absolute Gasteiger partial charge is 0.293 e. The number of aromatic nitrogens is 2. The number of hydrazone groups is 1. The number of carbonyl (C=O) groups excluding carboxylic acids is 1. The van der Waals surface area contributed by atoms with Crippen molar-refractivity contribution in [2.24, 2.45) is 12.1 Å². The highest BCUT2D eigenvalue weighted by molar-refractivity contribution is 9.10. The third-order valence-corrected chi connectivity index (χ3v) is 3.63. The second-order valence-corrected chi connectivity index (χ2v) is 5.85. The van der Waals surface area contributed by atoms with Gasteiger partial charge in [-0.05, 0) is 34.1 Å². The van der Waals surface area contributed by atoms with Crippen LogP contribution in [0.5, 0.6) is 5.75 Å². The summed E-state index contributed by atoms with van der Waals surface area (Å²) in [7, 11) is 3.31. The molecule has 2 rings (SSSR count). The molecule has 21 heavy (non-hydrogen) atoms. The van der Waals surface area contributed by atoms with E-state index >= 15 is 0 Å². The number of nitrogens with one attached hydrogen (secondary N) is 1. The summed E-state index contributed by atoms with van der Waals surface area (Å²) in [5.74, 6) is 0.267. The van der Waals surface area contributed by atoms with Crippen LogP contribution in [0.1, 0.15) is 16.1 Å². The molecule has 0 spiro atoms. The lowest BCUT2D eigenvalue weighted by Gasteiger charge is -2.04. The Morgan fingerprint density at radius 3 is 2.86 bits per heavy atom. The number of ether oxygens (including phenoxy) is 1. The first-order valence-electron chi connectivity index (χ1n) is 5.87. The van der Waals surface area contributed by atoms with Crippen molar-refractivity contribution in [3.05, 3.63) is 44.6 Å². The van der Waals surface area contributed by atoms with Crippen LogP contribution in [0.2, 0.25) is 0 Å². The predicted molar refractivity (Wildman–Crippen MR) is 86.7 cm³/mol. The fourth-order valence-electron chi connectivity index (χ4n) is 1.63. The molecule has 1 amide bonds. The van der Waals surface area contributed by atoms with Gasteiger partial charge in [-0.1, -0.05) is 15.9 Å². The average molecular weight is 416 g/mol. The van der Waals surface area contributed by atoms with Gasteiger partial charge < -0.3 is 4.74 Å². The van der Waals surface area contributed by atoms with Crippen molar-refractivity contribution in [1.29, 1.82) is 0 Å². The van der Waals surface area contributed by atoms with E-state index in [9.17, 15) is 4.79 Å². The normalized spacial score (nSPS) is 10.9. The van der Waals surface area contributed by atoms with E-state index in [1.165, 1.54) is 6.21 Å². The number of methoxy groups -OCH3 is 1. The molecule has 1 aromatic heterocycles. The Balaban J connectivity index is 2.11. The number of amides is 1. The molecule has 0 atom stereocenters. The van der Waals surface area contributed by atoms with Gasteiger partial charge in [0.1, 0.15) is 5.75 Å². The van der Waals surface area contributed by atoms with Crippen LogP contribution in [-0.2, 0) is 7.05 Å². The van der Waals surface area contributed by atoms with Crippen LogP contribution in [-0.4, -0.2) is 29.0 Å². The monoisotopic (exact) mass is 414 g/mol. The Morgan fingerprint density at radius 1 is 1.48 bits per heavy atom. The van der Waals surface area contributed by atoms with Gasteiger partial charge in [-0.15, -0.1) is 0 Å². The van der Waals surface area contributed by atoms with Crippen molar-refractivity contribution in [1.82, 2.24) is 15.2 Å². The molecule has 8 heteroatoms. The average Bonchev–Trinajstić information content (AvgIpc) is 2.78. The number of carbonyl (C=O) groups is 1. The van der Waals surface area contributed by atoms with Crippen LogP contribution in [0, 0.1) is 0 Å². The van der Waals surface area contributed by atoms with Gasteiger partial charge in [-0.2, -0.15) is 10.2 Å². The number of nitrogens with zero attached hydrogens (tertiary/aromatic N) is 3. The summed E-state index contributed by atoms with van der Waals surface area (Å²) in [5, 5.41) is 7.96. The van der Waals surface area contributed by atoms with Gasteiger partial charge in [0.2, 0.25) is 0 Å². The van der Waals surface area contributed by atoms with Crippen LogP contribution in [0.25, 0.3) is 0 Å². The number of aryl methyl sites for hydroxylation is 1. The van der Waals surface area contributed by atoms with Crippen LogP contribution in [0.3, 0.4) is 0 Å². The predicted octanol–water partition coefficient (Wildman–Crippen LogP) is 2.72. The van der Waals surface area contributed by atoms with E-state index in [-0.39, 0.29) is 5.69 Å². The molecule has 0 bridgehead atoms. The van der Waals surface area contributed by atoms with E-state index in [4.69, 9.17) is 4.74 Å². The second-order valence-electron chi connectivity index (χ2n) is 4.08.